The summed E-state index contributed by atoms with van der Waals surface area (Å²) < 4.78 is 123. The minimum absolute atomic E-state index is 0.0157. The highest BCUT2D eigenvalue weighted by molar-refractivity contribution is 7.90. The van der Waals surface area contributed by atoms with E-state index in [4.69, 9.17) is 98.0 Å². The fourth-order valence-electron chi connectivity index (χ4n) is 14.8. The number of carboxylic acid groups (broad SMARTS) is 1. The van der Waals surface area contributed by atoms with Crippen LogP contribution in [0.15, 0.2) is 124 Å². The average molecular weight is 1860 g/mol. The highest BCUT2D eigenvalue weighted by Crippen LogP contribution is 2.43. The second kappa shape index (κ2) is 47.7. The Morgan fingerprint density at radius 1 is 0.446 bits per heavy atom. The van der Waals surface area contributed by atoms with Gasteiger partial charge in [-0.25, -0.2) is 49.0 Å². The van der Waals surface area contributed by atoms with Crippen LogP contribution >= 0.6 is 69.6 Å². The SMILES string of the molecule is CC(=O)C[C@H](NC(=O)NC(CCC(=O)CCCOCCOCCNS(=O)(=O)c1cccc([C@@H]2CN(C)Cc3c(Cl)cc(Cl)cc32)c1)(CCC(=O)NCCOCCOCCNS(=O)(=O)c1cccc([C@@H]2CN(C)Cc3c(Cl)cc(Cl)cc32)c1)CCC(=O)NCCOCCOCCNS(=O)(=O)c1cccc([C@@H]2CN(C)Cc3c(Cl)cc(Cl)cc32)c1)C(=O)O. The van der Waals surface area contributed by atoms with Crippen LogP contribution in [0.3, 0.4) is 0 Å². The number of ketones is 2. The number of hydrogen-bond donors (Lipinski definition) is 8. The van der Waals surface area contributed by atoms with Gasteiger partial charge < -0.3 is 69.5 Å². The van der Waals surface area contributed by atoms with E-state index in [0.29, 0.717) is 69.4 Å². The van der Waals surface area contributed by atoms with E-state index >= 15 is 0 Å². The molecule has 0 saturated carbocycles. The summed E-state index contributed by atoms with van der Waals surface area (Å²) in [6, 6.07) is 28.2. The quantitative estimate of drug-likeness (QED) is 0.0165. The van der Waals surface area contributed by atoms with E-state index in [9.17, 15) is 59.1 Å². The third-order valence-corrected chi connectivity index (χ3v) is 26.9. The summed E-state index contributed by atoms with van der Waals surface area (Å²) in [6.45, 7) is 5.70. The first-order valence-corrected chi connectivity index (χ1v) is 46.5. The van der Waals surface area contributed by atoms with Gasteiger partial charge in [0.15, 0.2) is 0 Å². The van der Waals surface area contributed by atoms with Crippen LogP contribution in [0.2, 0.25) is 30.1 Å². The molecule has 3 heterocycles. The number of carbonyl (C=O) groups is 6. The molecule has 9 rings (SSSR count). The summed E-state index contributed by atoms with van der Waals surface area (Å²) in [6.07, 6.45) is -1.42. The van der Waals surface area contributed by atoms with Crippen LogP contribution < -0.4 is 35.4 Å². The van der Waals surface area contributed by atoms with Gasteiger partial charge in [-0.05, 0) is 177 Å². The minimum atomic E-state index is -3.94. The number of nitrogens with zero attached hydrogens (tertiary/aromatic N) is 3. The Kier molecular flexibility index (Phi) is 38.7. The van der Waals surface area contributed by atoms with Crippen molar-refractivity contribution < 1.29 is 87.5 Å². The number of aliphatic carboxylic acids is 1. The molecule has 29 nitrogen and oxygen atoms in total. The first kappa shape index (κ1) is 98.2. The van der Waals surface area contributed by atoms with Crippen molar-refractivity contribution in [1.29, 1.82) is 0 Å². The summed E-state index contributed by atoms with van der Waals surface area (Å²) in [5, 5.41) is 23.7. The van der Waals surface area contributed by atoms with Crippen molar-refractivity contribution in [3.63, 3.8) is 0 Å². The lowest BCUT2D eigenvalue weighted by atomic mass is 9.82. The smallest absolute Gasteiger partial charge is 0.326 e. The molecule has 0 fully saturated rings. The molecule has 662 valence electrons. The van der Waals surface area contributed by atoms with Crippen LogP contribution in [0.25, 0.3) is 0 Å². The molecule has 3 aliphatic rings. The largest absolute Gasteiger partial charge is 0.480 e. The van der Waals surface area contributed by atoms with Crippen LogP contribution in [-0.4, -0.2) is 245 Å². The molecule has 0 spiro atoms. The Hall–Kier alpha value is -6.55. The number of Topliss-reactive ketones (excluding diaryl/α,β-unsaturated/α-hetero) is 2. The van der Waals surface area contributed by atoms with Gasteiger partial charge in [0, 0.05) is 164 Å². The molecular weight excluding hydrogens is 1750 g/mol. The summed E-state index contributed by atoms with van der Waals surface area (Å²) >= 11 is 38.9. The normalized spacial score (nSPS) is 16.2. The zero-order valence-electron chi connectivity index (χ0n) is 68.0. The topological polar surface area (TPSA) is 374 Å². The maximum atomic E-state index is 13.9. The van der Waals surface area contributed by atoms with Crippen molar-refractivity contribution >= 4 is 135 Å². The monoisotopic (exact) mass is 1850 g/mol. The molecule has 0 unspecified atom stereocenters. The number of halogens is 6. The Morgan fingerprint density at radius 3 is 1.12 bits per heavy atom. The lowest BCUT2D eigenvalue weighted by Gasteiger charge is -2.35. The second-order valence-electron chi connectivity index (χ2n) is 30.2. The van der Waals surface area contributed by atoms with Gasteiger partial charge in [-0.3, -0.25) is 19.2 Å². The molecule has 0 bridgehead atoms. The molecule has 38 heteroatoms. The Bertz CT molecular complexity index is 4490. The fourth-order valence-corrected chi connectivity index (χ4v) is 19.7. The van der Waals surface area contributed by atoms with Crippen molar-refractivity contribution in [3.8, 4) is 0 Å². The highest BCUT2D eigenvalue weighted by Gasteiger charge is 2.37. The molecule has 0 aliphatic carbocycles. The second-order valence-corrected chi connectivity index (χ2v) is 38.0. The lowest BCUT2D eigenvalue weighted by Crippen LogP contribution is -2.56. The summed E-state index contributed by atoms with van der Waals surface area (Å²) in [5.74, 6) is -3.83. The zero-order chi connectivity index (χ0) is 87.4. The molecule has 6 aromatic rings. The standard InChI is InChI=1S/C83H106Cl6N10O19S3/c1-55(100)39-78(81(104)105)95-82(106)96-83(19-16-62(101)12-8-27-113-33-34-116-30-24-92-119(107,108)63-13-5-9-56(40-63)69-49-97(2)52-72-66(69)43-59(84)46-75(72)87,20-17-79(102)90-22-28-114-35-37-117-31-25-93-120(109,110)64-14-6-10-57(41-64)70-50-98(3)53-73-67(70)44-60(85)47-76(73)88)21-18-80(103)91-23-29-115-36-38-118-32-26-94-121(111,112)65-15-7-11-58(42-65)71-51-99(4)54-74-68(71)45-61(86)48-77(74)89/h5-7,9-11,13-15,40-48,69-71,78,92-94H,8,12,16-39,49-54H2,1-4H3,(H,90,102)(H,91,103)(H,104,105)(H2,95,96,106)/t69-,70-,71-,78-/m0/s1. The van der Waals surface area contributed by atoms with E-state index < -0.39 is 77.7 Å². The molecule has 0 radical (unpaired) electrons. The number of urea groups is 1. The lowest BCUT2D eigenvalue weighted by molar-refractivity contribution is -0.140. The van der Waals surface area contributed by atoms with Crippen molar-refractivity contribution in [3.05, 3.63) is 189 Å². The first-order chi connectivity index (χ1) is 57.7. The highest BCUT2D eigenvalue weighted by atomic mass is 35.5. The number of rotatable bonds is 51. The van der Waals surface area contributed by atoms with E-state index in [1.54, 1.807) is 54.6 Å². The molecule has 4 atom stereocenters. The number of hydrogen-bond acceptors (Lipinski definition) is 21. The zero-order valence-corrected chi connectivity index (χ0v) is 74.9. The number of benzene rings is 6. The molecule has 0 saturated heterocycles. The van der Waals surface area contributed by atoms with Gasteiger partial charge in [0.05, 0.1) is 87.4 Å². The Morgan fingerprint density at radius 2 is 0.777 bits per heavy atom. The van der Waals surface area contributed by atoms with Crippen LogP contribution in [0.1, 0.15) is 133 Å². The van der Waals surface area contributed by atoms with Gasteiger partial charge in [-0.1, -0.05) is 106 Å². The molecular formula is C83H106Cl6N10O19S3. The number of carboxylic acids is 1. The molecule has 3 aliphatic heterocycles. The van der Waals surface area contributed by atoms with Crippen molar-refractivity contribution in [1.82, 2.24) is 50.1 Å². The number of amides is 4. The first-order valence-electron chi connectivity index (χ1n) is 39.8. The molecule has 4 amide bonds. The maximum absolute atomic E-state index is 13.9. The van der Waals surface area contributed by atoms with Gasteiger partial charge in [-0.2, -0.15) is 0 Å². The maximum Gasteiger partial charge on any atom is 0.326 e. The molecule has 0 aromatic heterocycles. The van der Waals surface area contributed by atoms with Gasteiger partial charge in [0.1, 0.15) is 17.6 Å². The number of fused-ring (bicyclic) bond motifs is 3. The molecule has 6 aromatic carbocycles. The van der Waals surface area contributed by atoms with E-state index in [2.05, 4.69) is 50.1 Å². The van der Waals surface area contributed by atoms with E-state index in [0.717, 1.165) is 57.0 Å². The van der Waals surface area contributed by atoms with Gasteiger partial charge in [0.25, 0.3) is 0 Å². The predicted molar refractivity (Wildman–Crippen MR) is 463 cm³/mol. The van der Waals surface area contributed by atoms with Crippen LogP contribution in [0.4, 0.5) is 4.79 Å². The van der Waals surface area contributed by atoms with E-state index in [1.807, 2.05) is 57.5 Å². The van der Waals surface area contributed by atoms with Crippen LogP contribution in [-0.2, 0) is 102 Å². The fraction of sp³-hybridized carbons (Fsp3) is 0.494. The summed E-state index contributed by atoms with van der Waals surface area (Å²) in [7, 11) is -5.91. The third-order valence-electron chi connectivity index (χ3n) is 20.8. The number of sulfonamides is 3. The van der Waals surface area contributed by atoms with Gasteiger partial charge >= 0.3 is 12.0 Å². The van der Waals surface area contributed by atoms with Crippen LogP contribution in [0.5, 0.6) is 0 Å². The van der Waals surface area contributed by atoms with Gasteiger partial charge in [0.2, 0.25) is 41.9 Å². The van der Waals surface area contributed by atoms with Crippen molar-refractivity contribution in [2.75, 3.05) is 153 Å². The average Bonchev–Trinajstić information content (AvgIpc) is 0.786. The predicted octanol–water partition coefficient (Wildman–Crippen LogP) is 10.1. The number of carbonyl (C=O) groups excluding carboxylic acids is 5. The van der Waals surface area contributed by atoms with Crippen molar-refractivity contribution in [2.45, 2.75) is 128 Å². The number of likely N-dealkylation sites (N-methyl/N-ethyl adjacent to an activating group) is 3. The number of nitrogens with one attached hydrogen (secondary N) is 7. The summed E-state index contributed by atoms with van der Waals surface area (Å²) in [4.78, 5) is 86.0. The van der Waals surface area contributed by atoms with E-state index in [-0.39, 0.29) is 202 Å². The Labute approximate surface area is 738 Å². The molecule has 8 N–H and O–H groups in total. The minimum Gasteiger partial charge on any atom is -0.480 e. The molecule has 121 heavy (non-hydrogen) atoms. The van der Waals surface area contributed by atoms with Gasteiger partial charge in [-0.15, -0.1) is 0 Å². The Balaban J connectivity index is 0.730. The number of ether oxygens (including phenoxy) is 6. The summed E-state index contributed by atoms with van der Waals surface area (Å²) in [5.41, 5.74) is 6.47. The third kappa shape index (κ3) is 30.6. The van der Waals surface area contributed by atoms with Crippen molar-refractivity contribution in [2.24, 2.45) is 0 Å². The van der Waals surface area contributed by atoms with Crippen LogP contribution in [0, 0.1) is 0 Å². The van der Waals surface area contributed by atoms with E-state index in [1.165, 1.54) is 18.2 Å².